The molecule has 8 aromatic rings. The van der Waals surface area contributed by atoms with E-state index >= 15 is 0 Å². The Morgan fingerprint density at radius 1 is 0.384 bits per heavy atom. The number of amides is 4. The van der Waals surface area contributed by atoms with Crippen LogP contribution in [0.1, 0.15) is 174 Å². The number of carboxylic acids is 4. The van der Waals surface area contributed by atoms with Crippen LogP contribution in [0, 0.1) is 11.8 Å². The van der Waals surface area contributed by atoms with Crippen molar-refractivity contribution in [3.8, 4) is 0 Å². The number of hydrogen-bond acceptors (Lipinski definition) is 16. The van der Waals surface area contributed by atoms with Crippen LogP contribution in [0.25, 0.3) is 0 Å². The number of sulfonamides is 2. The second-order valence-electron chi connectivity index (χ2n) is 28.5. The zero-order chi connectivity index (χ0) is 78.2. The quantitative estimate of drug-likeness (QED) is 0.0380. The number of aliphatic carboxylic acids is 2. The molecule has 2 saturated carbocycles. The van der Waals surface area contributed by atoms with Gasteiger partial charge in [0.2, 0.25) is 20.0 Å². The van der Waals surface area contributed by atoms with Gasteiger partial charge >= 0.3 is 115 Å². The van der Waals surface area contributed by atoms with Crippen LogP contribution < -0.4 is 144 Å². The Balaban J connectivity index is 0.000000253. The van der Waals surface area contributed by atoms with Crippen LogP contribution in [0.4, 0.5) is 34.1 Å². The maximum Gasteiger partial charge on any atom is 1.00 e. The second-order valence-corrected chi connectivity index (χ2v) is 32.5. The van der Waals surface area contributed by atoms with Crippen molar-refractivity contribution in [3.05, 3.63) is 238 Å². The van der Waals surface area contributed by atoms with Crippen LogP contribution >= 0.6 is 0 Å². The molecule has 2 heterocycles. The number of anilines is 6. The Morgan fingerprint density at radius 2 is 0.696 bits per heavy atom. The number of rotatable bonds is 26. The summed E-state index contributed by atoms with van der Waals surface area (Å²) in [6.07, 6.45) is 12.5. The van der Waals surface area contributed by atoms with E-state index in [1.807, 2.05) is 36.4 Å². The second kappa shape index (κ2) is 41.0. The molecule has 24 nitrogen and oxygen atoms in total. The first-order valence-corrected chi connectivity index (χ1v) is 40.1. The normalized spacial score (nSPS) is 17.1. The number of carboxylic acid groups (broad SMARTS) is 4. The van der Waals surface area contributed by atoms with E-state index in [1.165, 1.54) is 95.5 Å². The van der Waals surface area contributed by atoms with Crippen LogP contribution in [0.5, 0.6) is 0 Å². The number of carbonyl (C=O) groups is 8. The van der Waals surface area contributed by atoms with Gasteiger partial charge in [-0.2, -0.15) is 8.61 Å². The molecule has 2 aliphatic heterocycles. The minimum absolute atomic E-state index is 0. The zero-order valence-corrected chi connectivity index (χ0v) is 71.3. The number of nitrogens with one attached hydrogen (secondary N) is 4. The molecule has 6 N–H and O–H groups in total. The summed E-state index contributed by atoms with van der Waals surface area (Å²) in [5.74, 6) is -7.13. The van der Waals surface area contributed by atoms with E-state index in [2.05, 4.69) is 31.1 Å². The van der Waals surface area contributed by atoms with E-state index in [1.54, 1.807) is 72.8 Å². The molecule has 28 heteroatoms. The molecule has 0 aromatic heterocycles. The van der Waals surface area contributed by atoms with Crippen molar-refractivity contribution in [1.29, 1.82) is 0 Å². The van der Waals surface area contributed by atoms with E-state index in [0.29, 0.717) is 88.4 Å². The van der Waals surface area contributed by atoms with Crippen molar-refractivity contribution in [1.82, 2.24) is 8.61 Å². The van der Waals surface area contributed by atoms with Crippen molar-refractivity contribution >= 4 is 102 Å². The maximum atomic E-state index is 13.9. The molecule has 2 saturated heterocycles. The summed E-state index contributed by atoms with van der Waals surface area (Å²) >= 11 is 0. The minimum atomic E-state index is -3.99. The van der Waals surface area contributed by atoms with Crippen LogP contribution in [-0.2, 0) is 55.3 Å². The van der Waals surface area contributed by atoms with Gasteiger partial charge in [0, 0.05) is 86.2 Å². The smallest absolute Gasteiger partial charge is 0.545 e. The SMILES string of the molecule is CN(C1CCC(C(=O)O)CC1)S(=O)(=O)c1cccc(C(=O)Nc2ccc(N3CCCCC3)cc2C(=O)Nc2ccc(CCc3ccc(C(=O)[O-])cc3)cc2)c1.CN(C1CCC(C(=O)O)CC1)S(=O)(=O)c1cccc(C(=O)Nc2ccc(N3CCCCC3)cc2C(=O)Nc2ccc(CCc3ccc(C(=O)[O-])cc3)cc2)c1.[K+].[K+]. The fraction of sp³-hybridized carbons (Fsp3) is 0.333. The number of hydrogen-bond donors (Lipinski definition) is 6. The van der Waals surface area contributed by atoms with Crippen molar-refractivity contribution in [2.75, 3.05) is 71.3 Å². The van der Waals surface area contributed by atoms with Crippen LogP contribution in [0.3, 0.4) is 0 Å². The summed E-state index contributed by atoms with van der Waals surface area (Å²) in [6, 6.07) is 49.5. The van der Waals surface area contributed by atoms with Gasteiger partial charge in [-0.3, -0.25) is 28.8 Å². The monoisotopic (exact) mass is 1610 g/mol. The molecule has 0 spiro atoms. The third kappa shape index (κ3) is 23.3. The molecular formula is C84H90K2N8O16S2. The maximum absolute atomic E-state index is 13.9. The van der Waals surface area contributed by atoms with Crippen LogP contribution in [0.15, 0.2) is 192 Å². The number of aryl methyl sites for hydroxylation is 4. The number of piperidine rings is 2. The van der Waals surface area contributed by atoms with E-state index in [4.69, 9.17) is 0 Å². The van der Waals surface area contributed by atoms with Crippen molar-refractivity contribution in [3.63, 3.8) is 0 Å². The first-order valence-electron chi connectivity index (χ1n) is 37.2. The fourth-order valence-corrected chi connectivity index (χ4v) is 17.5. The molecule has 0 atom stereocenters. The van der Waals surface area contributed by atoms with Gasteiger partial charge in [-0.25, -0.2) is 16.8 Å². The molecular weight excluding hydrogens is 1520 g/mol. The van der Waals surface area contributed by atoms with Gasteiger partial charge in [0.1, 0.15) is 0 Å². The predicted molar refractivity (Wildman–Crippen MR) is 416 cm³/mol. The van der Waals surface area contributed by atoms with Gasteiger partial charge in [-0.15, -0.1) is 0 Å². The Morgan fingerprint density at radius 3 is 1.00 bits per heavy atom. The standard InChI is InChI=1S/2C42H46N4O8S.2K/c2*1-45(34-20-16-31(17-21-34)42(51)52)55(53,54)36-7-5-6-32(26-36)39(47)44-38-23-22-35(46-24-3-2-4-25-46)27-37(38)40(48)43-33-18-12-29(13-19-33)9-8-28-10-14-30(15-11-28)41(49)50;;/h2*5-7,10-15,18-19,22-23,26-27,31,34H,2-4,8-9,16-17,20-21,24-25H2,1H3,(H,43,48)(H,44,47)(H,49,50)(H,51,52);;/q;;2*+1/p-2. The number of carbonyl (C=O) groups excluding carboxylic acids is 6. The Kier molecular flexibility index (Phi) is 32.3. The van der Waals surface area contributed by atoms with E-state index in [9.17, 15) is 75.6 Å². The summed E-state index contributed by atoms with van der Waals surface area (Å²) in [4.78, 5) is 104. The molecule has 0 radical (unpaired) electrons. The van der Waals surface area contributed by atoms with Crippen molar-refractivity contribution in [2.45, 2.75) is 137 Å². The summed E-state index contributed by atoms with van der Waals surface area (Å²) in [5.41, 5.74) is 8.38. The Hall–Kier alpha value is -7.79. The number of nitrogens with zero attached hydrogens (tertiary/aromatic N) is 4. The molecule has 0 bridgehead atoms. The molecule has 8 aromatic carbocycles. The molecule has 2 aliphatic carbocycles. The summed E-state index contributed by atoms with van der Waals surface area (Å²) in [6.45, 7) is 3.41. The van der Waals surface area contributed by atoms with E-state index in [-0.39, 0.29) is 169 Å². The average Bonchev–Trinajstić information content (AvgIpc) is 0.799. The van der Waals surface area contributed by atoms with Crippen LogP contribution in [0.2, 0.25) is 0 Å². The number of benzene rings is 8. The molecule has 4 fully saturated rings. The van der Waals surface area contributed by atoms with Gasteiger partial charge < -0.3 is 61.1 Å². The first kappa shape index (κ1) is 88.2. The van der Waals surface area contributed by atoms with Crippen molar-refractivity contribution < 1.29 is 178 Å². The Labute approximate surface area is 738 Å². The summed E-state index contributed by atoms with van der Waals surface area (Å²) in [7, 11) is -5.01. The van der Waals surface area contributed by atoms with Gasteiger partial charge in [0.05, 0.1) is 56.1 Å². The van der Waals surface area contributed by atoms with Gasteiger partial charge in [0.15, 0.2) is 0 Å². The van der Waals surface area contributed by atoms with Crippen molar-refractivity contribution in [2.24, 2.45) is 11.8 Å². The largest absolute Gasteiger partial charge is 1.00 e. The molecule has 4 amide bonds. The fourth-order valence-electron chi connectivity index (χ4n) is 14.5. The third-order valence-corrected chi connectivity index (χ3v) is 25.1. The predicted octanol–water partition coefficient (Wildman–Crippen LogP) is 5.20. The molecule has 112 heavy (non-hydrogen) atoms. The van der Waals surface area contributed by atoms with Gasteiger partial charge in [0.25, 0.3) is 23.6 Å². The Bertz CT molecular complexity index is 4600. The number of aromatic carboxylic acids is 2. The van der Waals surface area contributed by atoms with Gasteiger partial charge in [-0.1, -0.05) is 84.9 Å². The average molecular weight is 1610 g/mol. The molecule has 576 valence electrons. The summed E-state index contributed by atoms with van der Waals surface area (Å²) < 4.78 is 57.1. The van der Waals surface area contributed by atoms with E-state index < -0.39 is 79.4 Å². The van der Waals surface area contributed by atoms with Crippen LogP contribution in [-0.4, -0.2) is 136 Å². The molecule has 12 rings (SSSR count). The molecule has 4 aliphatic rings. The molecule has 0 unspecified atom stereocenters. The zero-order valence-electron chi connectivity index (χ0n) is 63.4. The first-order chi connectivity index (χ1) is 52.8. The topological polar surface area (TPSA) is 352 Å². The summed E-state index contributed by atoms with van der Waals surface area (Å²) in [5, 5.41) is 52.3. The van der Waals surface area contributed by atoms with E-state index in [0.717, 1.165) is 98.3 Å². The minimum Gasteiger partial charge on any atom is -0.545 e. The third-order valence-electron chi connectivity index (χ3n) is 21.3. The van der Waals surface area contributed by atoms with Gasteiger partial charge in [-0.05, 0) is 246 Å².